The number of hydrogen-bond acceptors (Lipinski definition) is 2. The highest BCUT2D eigenvalue weighted by Crippen LogP contribution is 2.38. The van der Waals surface area contributed by atoms with E-state index in [1.165, 1.54) is 6.07 Å². The standard InChI is InChI=1S/C9H10FNO/c10-6-3-1-2-5-8(12)4-7(11)9(5)6/h1-3,7-8,12H,4,11H2. The second kappa shape index (κ2) is 2.54. The summed E-state index contributed by atoms with van der Waals surface area (Å²) in [6.07, 6.45) is -0.165. The monoisotopic (exact) mass is 167 g/mol. The van der Waals surface area contributed by atoms with Gasteiger partial charge in [-0.15, -0.1) is 0 Å². The lowest BCUT2D eigenvalue weighted by molar-refractivity contribution is 0.173. The minimum atomic E-state index is -0.592. The van der Waals surface area contributed by atoms with Gasteiger partial charge < -0.3 is 10.8 Å². The van der Waals surface area contributed by atoms with E-state index in [0.29, 0.717) is 17.5 Å². The highest BCUT2D eigenvalue weighted by Gasteiger charge is 2.29. The van der Waals surface area contributed by atoms with Crippen molar-refractivity contribution in [2.24, 2.45) is 5.73 Å². The van der Waals surface area contributed by atoms with Crippen LogP contribution in [-0.2, 0) is 0 Å². The summed E-state index contributed by atoms with van der Waals surface area (Å²) in [5.74, 6) is -0.309. The molecule has 1 aliphatic rings. The van der Waals surface area contributed by atoms with Crippen LogP contribution in [0.15, 0.2) is 18.2 Å². The summed E-state index contributed by atoms with van der Waals surface area (Å²) in [7, 11) is 0. The van der Waals surface area contributed by atoms with E-state index in [9.17, 15) is 9.50 Å². The third-order valence-corrected chi connectivity index (χ3v) is 2.29. The van der Waals surface area contributed by atoms with Gasteiger partial charge in [0.15, 0.2) is 0 Å². The minimum Gasteiger partial charge on any atom is -0.388 e. The van der Waals surface area contributed by atoms with Gasteiger partial charge in [0.2, 0.25) is 0 Å². The van der Waals surface area contributed by atoms with Gasteiger partial charge in [0, 0.05) is 11.6 Å². The van der Waals surface area contributed by atoms with E-state index >= 15 is 0 Å². The van der Waals surface area contributed by atoms with Gasteiger partial charge in [-0.2, -0.15) is 0 Å². The van der Waals surface area contributed by atoms with Crippen LogP contribution in [0.5, 0.6) is 0 Å². The fourth-order valence-corrected chi connectivity index (χ4v) is 1.72. The van der Waals surface area contributed by atoms with Crippen molar-refractivity contribution >= 4 is 0 Å². The first kappa shape index (κ1) is 7.71. The van der Waals surface area contributed by atoms with Gasteiger partial charge in [-0.05, 0) is 18.1 Å². The molecule has 0 saturated carbocycles. The Bertz CT molecular complexity index is 313. The van der Waals surface area contributed by atoms with Crippen molar-refractivity contribution in [3.8, 4) is 0 Å². The first-order valence-corrected chi connectivity index (χ1v) is 3.92. The average Bonchev–Trinajstić information content (AvgIpc) is 2.29. The maximum atomic E-state index is 13.1. The Balaban J connectivity index is 2.59. The molecule has 3 heteroatoms. The van der Waals surface area contributed by atoms with Crippen LogP contribution in [-0.4, -0.2) is 5.11 Å². The lowest BCUT2D eigenvalue weighted by atomic mass is 10.1. The highest BCUT2D eigenvalue weighted by atomic mass is 19.1. The van der Waals surface area contributed by atoms with Crippen LogP contribution in [0, 0.1) is 5.82 Å². The molecule has 3 N–H and O–H groups in total. The molecule has 0 fully saturated rings. The molecule has 0 spiro atoms. The largest absolute Gasteiger partial charge is 0.388 e. The van der Waals surface area contributed by atoms with Gasteiger partial charge in [0.25, 0.3) is 0 Å². The molecule has 0 amide bonds. The van der Waals surface area contributed by atoms with Crippen molar-refractivity contribution in [2.75, 3.05) is 0 Å². The number of rotatable bonds is 0. The summed E-state index contributed by atoms with van der Waals surface area (Å²) in [6.45, 7) is 0. The Hall–Kier alpha value is -0.930. The summed E-state index contributed by atoms with van der Waals surface area (Å²) in [5.41, 5.74) is 6.76. The molecule has 1 aliphatic carbocycles. The van der Waals surface area contributed by atoms with E-state index in [1.807, 2.05) is 0 Å². The summed E-state index contributed by atoms with van der Waals surface area (Å²) in [4.78, 5) is 0. The number of hydrogen-bond donors (Lipinski definition) is 2. The molecule has 0 radical (unpaired) electrons. The molecule has 2 rings (SSSR count). The van der Waals surface area contributed by atoms with Crippen LogP contribution in [0.1, 0.15) is 29.7 Å². The van der Waals surface area contributed by atoms with Gasteiger partial charge in [0.05, 0.1) is 6.10 Å². The van der Waals surface area contributed by atoms with E-state index in [-0.39, 0.29) is 11.9 Å². The smallest absolute Gasteiger partial charge is 0.128 e. The molecular weight excluding hydrogens is 157 g/mol. The molecule has 0 saturated heterocycles. The molecule has 1 aromatic rings. The third kappa shape index (κ3) is 0.940. The summed E-state index contributed by atoms with van der Waals surface area (Å²) < 4.78 is 13.1. The minimum absolute atomic E-state index is 0.309. The zero-order chi connectivity index (χ0) is 8.72. The van der Waals surface area contributed by atoms with Crippen molar-refractivity contribution in [1.29, 1.82) is 0 Å². The molecule has 0 heterocycles. The molecule has 2 unspecified atom stereocenters. The predicted molar refractivity (Wildman–Crippen MR) is 42.9 cm³/mol. The fourth-order valence-electron chi connectivity index (χ4n) is 1.72. The quantitative estimate of drug-likeness (QED) is 0.611. The Morgan fingerprint density at radius 2 is 2.25 bits per heavy atom. The van der Waals surface area contributed by atoms with Gasteiger partial charge in [0.1, 0.15) is 5.82 Å². The normalized spacial score (nSPS) is 27.2. The molecule has 0 aliphatic heterocycles. The average molecular weight is 167 g/mol. The second-order valence-electron chi connectivity index (χ2n) is 3.10. The maximum Gasteiger partial charge on any atom is 0.128 e. The molecular formula is C9H10FNO. The van der Waals surface area contributed by atoms with Crippen molar-refractivity contribution in [2.45, 2.75) is 18.6 Å². The van der Waals surface area contributed by atoms with Crippen LogP contribution < -0.4 is 5.73 Å². The van der Waals surface area contributed by atoms with E-state index in [1.54, 1.807) is 12.1 Å². The van der Waals surface area contributed by atoms with Crippen LogP contribution in [0.4, 0.5) is 4.39 Å². The highest BCUT2D eigenvalue weighted by molar-refractivity contribution is 5.37. The molecule has 64 valence electrons. The topological polar surface area (TPSA) is 46.2 Å². The molecule has 2 nitrogen and oxygen atoms in total. The van der Waals surface area contributed by atoms with Crippen LogP contribution >= 0.6 is 0 Å². The van der Waals surface area contributed by atoms with Gasteiger partial charge in [-0.1, -0.05) is 12.1 Å². The number of benzene rings is 1. The van der Waals surface area contributed by atoms with Crippen molar-refractivity contribution in [3.05, 3.63) is 35.1 Å². The van der Waals surface area contributed by atoms with Crippen LogP contribution in [0.3, 0.4) is 0 Å². The molecule has 0 aromatic heterocycles. The maximum absolute atomic E-state index is 13.1. The van der Waals surface area contributed by atoms with Gasteiger partial charge in [-0.3, -0.25) is 0 Å². The molecule has 12 heavy (non-hydrogen) atoms. The zero-order valence-corrected chi connectivity index (χ0v) is 6.50. The van der Waals surface area contributed by atoms with Crippen molar-refractivity contribution in [3.63, 3.8) is 0 Å². The van der Waals surface area contributed by atoms with E-state index in [4.69, 9.17) is 5.73 Å². The Labute approximate surface area is 69.8 Å². The first-order chi connectivity index (χ1) is 5.70. The molecule has 2 atom stereocenters. The Kier molecular flexibility index (Phi) is 1.63. The fraction of sp³-hybridized carbons (Fsp3) is 0.333. The lowest BCUT2D eigenvalue weighted by Gasteiger charge is -2.04. The van der Waals surface area contributed by atoms with E-state index < -0.39 is 6.10 Å². The number of fused-ring (bicyclic) bond motifs is 1. The van der Waals surface area contributed by atoms with Crippen molar-refractivity contribution in [1.82, 2.24) is 0 Å². The van der Waals surface area contributed by atoms with Crippen LogP contribution in [0.2, 0.25) is 0 Å². The zero-order valence-electron chi connectivity index (χ0n) is 6.50. The summed E-state index contributed by atoms with van der Waals surface area (Å²) in [6, 6.07) is 4.33. The number of aliphatic hydroxyl groups excluding tert-OH is 1. The number of aliphatic hydroxyl groups is 1. The van der Waals surface area contributed by atoms with E-state index in [2.05, 4.69) is 0 Å². The Morgan fingerprint density at radius 1 is 1.50 bits per heavy atom. The number of nitrogens with two attached hydrogens (primary N) is 1. The molecule has 0 bridgehead atoms. The predicted octanol–water partition coefficient (Wildman–Crippen LogP) is 1.26. The Morgan fingerprint density at radius 3 is 2.92 bits per heavy atom. The first-order valence-electron chi connectivity index (χ1n) is 3.92. The lowest BCUT2D eigenvalue weighted by Crippen LogP contribution is -2.07. The second-order valence-corrected chi connectivity index (χ2v) is 3.10. The number of halogens is 1. The molecule has 1 aromatic carbocycles. The van der Waals surface area contributed by atoms with Crippen molar-refractivity contribution < 1.29 is 9.50 Å². The van der Waals surface area contributed by atoms with E-state index in [0.717, 1.165) is 0 Å². The summed E-state index contributed by atoms with van der Waals surface area (Å²) >= 11 is 0. The van der Waals surface area contributed by atoms with Gasteiger partial charge >= 0.3 is 0 Å². The van der Waals surface area contributed by atoms with Crippen LogP contribution in [0.25, 0.3) is 0 Å². The van der Waals surface area contributed by atoms with Gasteiger partial charge in [-0.25, -0.2) is 4.39 Å². The third-order valence-electron chi connectivity index (χ3n) is 2.29. The SMILES string of the molecule is NC1CC(O)c2cccc(F)c21. The summed E-state index contributed by atoms with van der Waals surface area (Å²) in [5, 5.41) is 9.43.